The Morgan fingerprint density at radius 1 is 1.35 bits per heavy atom. The van der Waals surface area contributed by atoms with Gasteiger partial charge in [-0.3, -0.25) is 0 Å². The Morgan fingerprint density at radius 3 is 2.60 bits per heavy atom. The van der Waals surface area contributed by atoms with E-state index < -0.39 is 17.8 Å². The lowest BCUT2D eigenvalue weighted by atomic mass is 9.77. The Balaban J connectivity index is 2.10. The maximum atomic E-state index is 12.7. The van der Waals surface area contributed by atoms with Crippen molar-refractivity contribution in [2.24, 2.45) is 11.3 Å². The van der Waals surface area contributed by atoms with Gasteiger partial charge in [0.15, 0.2) is 0 Å². The van der Waals surface area contributed by atoms with E-state index >= 15 is 0 Å². The van der Waals surface area contributed by atoms with E-state index in [1.54, 1.807) is 6.07 Å². The molecule has 0 amide bonds. The molecule has 1 nitrogen and oxygen atoms in total. The molecule has 0 bridgehead atoms. The average molecular weight is 286 g/mol. The van der Waals surface area contributed by atoms with Crippen LogP contribution in [0.1, 0.15) is 44.2 Å². The van der Waals surface area contributed by atoms with E-state index in [1.807, 2.05) is 0 Å². The van der Waals surface area contributed by atoms with Crippen molar-refractivity contribution in [3.63, 3.8) is 0 Å². The fourth-order valence-electron chi connectivity index (χ4n) is 3.33. The van der Waals surface area contributed by atoms with Gasteiger partial charge in [-0.25, -0.2) is 0 Å². The third-order valence-corrected chi connectivity index (χ3v) is 4.50. The molecule has 1 aromatic rings. The van der Waals surface area contributed by atoms with Crippen molar-refractivity contribution in [1.82, 2.24) is 0 Å². The molecule has 1 aliphatic carbocycles. The van der Waals surface area contributed by atoms with Crippen LogP contribution in [0.25, 0.3) is 0 Å². The topological polar surface area (TPSA) is 20.2 Å². The number of aliphatic hydroxyl groups excluding tert-OH is 1. The van der Waals surface area contributed by atoms with Gasteiger partial charge in [0.2, 0.25) is 0 Å². The molecule has 4 heteroatoms. The van der Waals surface area contributed by atoms with Crippen molar-refractivity contribution in [2.75, 3.05) is 0 Å². The number of hydrogen-bond donors (Lipinski definition) is 1. The predicted molar refractivity (Wildman–Crippen MR) is 72.3 cm³/mol. The molecule has 0 radical (unpaired) electrons. The summed E-state index contributed by atoms with van der Waals surface area (Å²) in [6.07, 6.45) is -1.51. The number of hydrogen-bond acceptors (Lipinski definition) is 1. The molecule has 1 aromatic carbocycles. The third-order valence-electron chi connectivity index (χ3n) is 4.50. The van der Waals surface area contributed by atoms with Crippen LogP contribution in [0.2, 0.25) is 0 Å². The smallest absolute Gasteiger partial charge is 0.392 e. The van der Waals surface area contributed by atoms with Crippen LogP contribution < -0.4 is 0 Å². The fourth-order valence-corrected chi connectivity index (χ4v) is 3.33. The summed E-state index contributed by atoms with van der Waals surface area (Å²) in [5.74, 6) is 0.164. The van der Waals surface area contributed by atoms with Gasteiger partial charge < -0.3 is 5.11 Å². The van der Waals surface area contributed by atoms with Crippen molar-refractivity contribution >= 4 is 0 Å². The highest BCUT2D eigenvalue weighted by Gasteiger charge is 2.39. The van der Waals surface area contributed by atoms with Gasteiger partial charge >= 0.3 is 6.18 Å². The van der Waals surface area contributed by atoms with Crippen LogP contribution in [0.15, 0.2) is 24.3 Å². The van der Waals surface area contributed by atoms with E-state index in [2.05, 4.69) is 13.8 Å². The van der Waals surface area contributed by atoms with Crippen LogP contribution in [0, 0.1) is 11.3 Å². The minimum atomic E-state index is -4.33. The van der Waals surface area contributed by atoms with E-state index in [0.717, 1.165) is 31.4 Å². The highest BCUT2D eigenvalue weighted by Crippen LogP contribution is 2.45. The SMILES string of the molecule is CC1(C)CCCC1C(O)Cc1cccc(C(F)(F)F)c1. The zero-order valence-electron chi connectivity index (χ0n) is 11.9. The van der Waals surface area contributed by atoms with Crippen LogP contribution in [0.4, 0.5) is 13.2 Å². The second kappa shape index (κ2) is 5.40. The minimum Gasteiger partial charge on any atom is -0.392 e. The second-order valence-electron chi connectivity index (χ2n) is 6.46. The Hall–Kier alpha value is -1.03. The first-order valence-corrected chi connectivity index (χ1v) is 7.04. The molecule has 0 saturated heterocycles. The van der Waals surface area contributed by atoms with Crippen molar-refractivity contribution in [3.05, 3.63) is 35.4 Å². The molecule has 1 N–H and O–H groups in total. The lowest BCUT2D eigenvalue weighted by Gasteiger charge is -2.31. The van der Waals surface area contributed by atoms with E-state index in [4.69, 9.17) is 0 Å². The maximum absolute atomic E-state index is 12.7. The van der Waals surface area contributed by atoms with Crippen molar-refractivity contribution in [1.29, 1.82) is 0 Å². The van der Waals surface area contributed by atoms with Crippen LogP contribution in [-0.2, 0) is 12.6 Å². The number of benzene rings is 1. The number of rotatable bonds is 3. The molecule has 0 spiro atoms. The first kappa shape index (κ1) is 15.4. The summed E-state index contributed by atoms with van der Waals surface area (Å²) >= 11 is 0. The van der Waals surface area contributed by atoms with Crippen molar-refractivity contribution < 1.29 is 18.3 Å². The Morgan fingerprint density at radius 2 is 2.05 bits per heavy atom. The Bertz CT molecular complexity index is 465. The summed E-state index contributed by atoms with van der Waals surface area (Å²) in [6, 6.07) is 5.27. The monoisotopic (exact) mass is 286 g/mol. The van der Waals surface area contributed by atoms with E-state index in [9.17, 15) is 18.3 Å². The fraction of sp³-hybridized carbons (Fsp3) is 0.625. The van der Waals surface area contributed by atoms with Crippen LogP contribution in [-0.4, -0.2) is 11.2 Å². The molecule has 2 rings (SSSR count). The molecule has 2 atom stereocenters. The molecule has 1 fully saturated rings. The molecule has 0 aliphatic heterocycles. The van der Waals surface area contributed by atoms with Crippen molar-refractivity contribution in [2.45, 2.75) is 51.8 Å². The molecule has 2 unspecified atom stereocenters. The van der Waals surface area contributed by atoms with E-state index in [0.29, 0.717) is 5.56 Å². The predicted octanol–water partition coefficient (Wildman–Crippen LogP) is 4.44. The summed E-state index contributed by atoms with van der Waals surface area (Å²) in [6.45, 7) is 4.25. The van der Waals surface area contributed by atoms with Gasteiger partial charge in [0, 0.05) is 0 Å². The number of halogens is 3. The maximum Gasteiger partial charge on any atom is 0.416 e. The van der Waals surface area contributed by atoms with Gasteiger partial charge in [0.25, 0.3) is 0 Å². The zero-order chi connectivity index (χ0) is 15.0. The van der Waals surface area contributed by atoms with Gasteiger partial charge in [-0.2, -0.15) is 13.2 Å². The molecule has 1 aliphatic rings. The quantitative estimate of drug-likeness (QED) is 0.871. The molecule has 0 heterocycles. The number of alkyl halides is 3. The first-order chi connectivity index (χ1) is 9.20. The second-order valence-corrected chi connectivity index (χ2v) is 6.46. The van der Waals surface area contributed by atoms with E-state index in [1.165, 1.54) is 6.07 Å². The summed E-state index contributed by atoms with van der Waals surface area (Å²) in [4.78, 5) is 0. The highest BCUT2D eigenvalue weighted by atomic mass is 19.4. The van der Waals surface area contributed by atoms with Crippen LogP contribution in [0.3, 0.4) is 0 Å². The standard InChI is InChI=1S/C16H21F3O/c1-15(2)8-4-7-13(15)14(20)10-11-5-3-6-12(9-11)16(17,18)19/h3,5-6,9,13-14,20H,4,7-8,10H2,1-2H3. The Kier molecular flexibility index (Phi) is 4.14. The van der Waals surface area contributed by atoms with Crippen molar-refractivity contribution in [3.8, 4) is 0 Å². The van der Waals surface area contributed by atoms with E-state index in [-0.39, 0.29) is 17.8 Å². The highest BCUT2D eigenvalue weighted by molar-refractivity contribution is 5.26. The van der Waals surface area contributed by atoms with Gasteiger partial charge in [0.1, 0.15) is 0 Å². The average Bonchev–Trinajstić information content (AvgIpc) is 2.68. The largest absolute Gasteiger partial charge is 0.416 e. The molecular weight excluding hydrogens is 265 g/mol. The summed E-state index contributed by atoms with van der Waals surface area (Å²) in [5, 5.41) is 10.4. The molecule has 20 heavy (non-hydrogen) atoms. The lowest BCUT2D eigenvalue weighted by Crippen LogP contribution is -2.31. The van der Waals surface area contributed by atoms with Gasteiger partial charge in [-0.15, -0.1) is 0 Å². The Labute approximate surface area is 117 Å². The lowest BCUT2D eigenvalue weighted by molar-refractivity contribution is -0.137. The van der Waals surface area contributed by atoms with Gasteiger partial charge in [0.05, 0.1) is 11.7 Å². The van der Waals surface area contributed by atoms with Crippen LogP contribution >= 0.6 is 0 Å². The van der Waals surface area contributed by atoms with Crippen LogP contribution in [0.5, 0.6) is 0 Å². The minimum absolute atomic E-state index is 0.0705. The van der Waals surface area contributed by atoms with Gasteiger partial charge in [-0.05, 0) is 42.2 Å². The normalized spacial score (nSPS) is 23.8. The van der Waals surface area contributed by atoms with Gasteiger partial charge in [-0.1, -0.05) is 38.5 Å². The summed E-state index contributed by atoms with van der Waals surface area (Å²) in [5.41, 5.74) is -0.0240. The summed E-state index contributed by atoms with van der Waals surface area (Å²) < 4.78 is 38.0. The zero-order valence-corrected chi connectivity index (χ0v) is 11.9. The summed E-state index contributed by atoms with van der Waals surface area (Å²) in [7, 11) is 0. The first-order valence-electron chi connectivity index (χ1n) is 7.04. The molecular formula is C16H21F3O. The number of aliphatic hydroxyl groups is 1. The molecule has 1 saturated carbocycles. The third kappa shape index (κ3) is 3.35. The molecule has 112 valence electrons. The molecule has 0 aromatic heterocycles.